The Balaban J connectivity index is 1.68. The van der Waals surface area contributed by atoms with Gasteiger partial charge in [0.15, 0.2) is 0 Å². The van der Waals surface area contributed by atoms with Crippen LogP contribution in [0.1, 0.15) is 19.3 Å². The van der Waals surface area contributed by atoms with E-state index in [1.807, 2.05) is 25.2 Å². The number of ether oxygens (including phenoxy) is 1. The lowest BCUT2D eigenvalue weighted by Crippen LogP contribution is -2.24. The van der Waals surface area contributed by atoms with Gasteiger partial charge in [0.05, 0.1) is 22.4 Å². The number of nitro benzene ring substituents is 1. The van der Waals surface area contributed by atoms with Crippen LogP contribution in [-0.4, -0.2) is 18.1 Å². The van der Waals surface area contributed by atoms with Crippen LogP contribution >= 0.6 is 11.8 Å². The summed E-state index contributed by atoms with van der Waals surface area (Å²) in [6.45, 7) is 0. The van der Waals surface area contributed by atoms with E-state index in [9.17, 15) is 10.1 Å². The van der Waals surface area contributed by atoms with E-state index in [0.29, 0.717) is 6.10 Å². The monoisotopic (exact) mass is 328 g/mol. The minimum absolute atomic E-state index is 0.120. The van der Waals surface area contributed by atoms with Gasteiger partial charge < -0.3 is 9.64 Å². The highest BCUT2D eigenvalue weighted by Gasteiger charge is 2.24. The van der Waals surface area contributed by atoms with Gasteiger partial charge in [0.1, 0.15) is 5.75 Å². The van der Waals surface area contributed by atoms with Crippen molar-refractivity contribution < 1.29 is 9.66 Å². The van der Waals surface area contributed by atoms with Crippen LogP contribution in [0.2, 0.25) is 0 Å². The maximum absolute atomic E-state index is 11.0. The number of fused-ring (bicyclic) bond motifs is 2. The summed E-state index contributed by atoms with van der Waals surface area (Å²) < 4.78 is 5.96. The van der Waals surface area contributed by atoms with Gasteiger partial charge in [-0.1, -0.05) is 11.8 Å². The van der Waals surface area contributed by atoms with Crippen molar-refractivity contribution in [2.75, 3.05) is 11.9 Å². The topological polar surface area (TPSA) is 55.6 Å². The molecular formula is C17H16N2O3S. The van der Waals surface area contributed by atoms with Crippen LogP contribution in [0.3, 0.4) is 0 Å². The standard InChI is InChI=1S/C17H16N2O3S/c1-18-14-7-5-11(19(20)21)9-16(14)23-17-10-13(6-8-15(17)18)22-12-3-2-4-12/h5-10,12H,2-4H2,1H3. The fourth-order valence-corrected chi connectivity index (χ4v) is 4.04. The van der Waals surface area contributed by atoms with Crippen LogP contribution in [0, 0.1) is 10.1 Å². The van der Waals surface area contributed by atoms with Crippen molar-refractivity contribution in [3.05, 3.63) is 46.5 Å². The molecule has 4 rings (SSSR count). The molecule has 0 bridgehead atoms. The van der Waals surface area contributed by atoms with Crippen molar-refractivity contribution >= 4 is 28.8 Å². The summed E-state index contributed by atoms with van der Waals surface area (Å²) in [7, 11) is 1.98. The molecule has 1 aliphatic heterocycles. The largest absolute Gasteiger partial charge is 0.490 e. The number of non-ortho nitro benzene ring substituents is 1. The third kappa shape index (κ3) is 2.53. The van der Waals surface area contributed by atoms with Crippen molar-refractivity contribution in [1.82, 2.24) is 0 Å². The quantitative estimate of drug-likeness (QED) is 0.600. The third-order valence-corrected chi connectivity index (χ3v) is 5.48. The highest BCUT2D eigenvalue weighted by Crippen LogP contribution is 2.49. The molecule has 5 nitrogen and oxygen atoms in total. The van der Waals surface area contributed by atoms with Crippen LogP contribution < -0.4 is 9.64 Å². The molecule has 2 aromatic rings. The molecule has 2 aromatic carbocycles. The fraction of sp³-hybridized carbons (Fsp3) is 0.294. The van der Waals surface area contributed by atoms with Crippen LogP contribution in [0.15, 0.2) is 46.2 Å². The lowest BCUT2D eigenvalue weighted by atomic mass is 9.96. The van der Waals surface area contributed by atoms with E-state index in [4.69, 9.17) is 4.74 Å². The number of nitro groups is 1. The summed E-state index contributed by atoms with van der Waals surface area (Å²) >= 11 is 1.56. The molecule has 1 fully saturated rings. The van der Waals surface area contributed by atoms with Gasteiger partial charge in [0.2, 0.25) is 0 Å². The second kappa shape index (κ2) is 5.45. The maximum Gasteiger partial charge on any atom is 0.270 e. The fourth-order valence-electron chi connectivity index (χ4n) is 2.83. The van der Waals surface area contributed by atoms with E-state index >= 15 is 0 Å². The predicted molar refractivity (Wildman–Crippen MR) is 90.0 cm³/mol. The van der Waals surface area contributed by atoms with E-state index in [1.54, 1.807) is 23.9 Å². The molecule has 1 saturated carbocycles. The number of anilines is 2. The van der Waals surface area contributed by atoms with Gasteiger partial charge in [0.25, 0.3) is 5.69 Å². The van der Waals surface area contributed by atoms with Crippen molar-refractivity contribution in [3.8, 4) is 5.75 Å². The molecule has 0 amide bonds. The van der Waals surface area contributed by atoms with E-state index in [-0.39, 0.29) is 10.6 Å². The highest BCUT2D eigenvalue weighted by atomic mass is 32.2. The second-order valence-corrected chi connectivity index (χ2v) is 6.95. The highest BCUT2D eigenvalue weighted by molar-refractivity contribution is 7.99. The van der Waals surface area contributed by atoms with Crippen molar-refractivity contribution in [2.24, 2.45) is 0 Å². The smallest absolute Gasteiger partial charge is 0.270 e. The minimum Gasteiger partial charge on any atom is -0.490 e. The Morgan fingerprint density at radius 1 is 1.17 bits per heavy atom. The van der Waals surface area contributed by atoms with E-state index in [1.165, 1.54) is 6.42 Å². The van der Waals surface area contributed by atoms with Gasteiger partial charge in [-0.3, -0.25) is 10.1 Å². The summed E-state index contributed by atoms with van der Waals surface area (Å²) in [5, 5.41) is 11.0. The summed E-state index contributed by atoms with van der Waals surface area (Å²) in [6.07, 6.45) is 3.83. The Morgan fingerprint density at radius 3 is 2.52 bits per heavy atom. The van der Waals surface area contributed by atoms with E-state index < -0.39 is 0 Å². The zero-order valence-electron chi connectivity index (χ0n) is 12.7. The zero-order valence-corrected chi connectivity index (χ0v) is 13.5. The van der Waals surface area contributed by atoms with Crippen molar-refractivity contribution in [1.29, 1.82) is 0 Å². The average Bonchev–Trinajstić information content (AvgIpc) is 2.50. The average molecular weight is 328 g/mol. The predicted octanol–water partition coefficient (Wildman–Crippen LogP) is 4.76. The van der Waals surface area contributed by atoms with Gasteiger partial charge in [0, 0.05) is 29.0 Å². The lowest BCUT2D eigenvalue weighted by Gasteiger charge is -2.31. The van der Waals surface area contributed by atoms with Gasteiger partial charge in [-0.25, -0.2) is 0 Å². The third-order valence-electron chi connectivity index (χ3n) is 4.38. The Morgan fingerprint density at radius 2 is 1.87 bits per heavy atom. The molecule has 0 radical (unpaired) electrons. The zero-order chi connectivity index (χ0) is 16.0. The van der Waals surface area contributed by atoms with Crippen LogP contribution in [0.25, 0.3) is 0 Å². The molecule has 6 heteroatoms. The van der Waals surface area contributed by atoms with Crippen LogP contribution in [0.4, 0.5) is 17.1 Å². The summed E-state index contributed by atoms with van der Waals surface area (Å²) in [6, 6.07) is 11.1. The Bertz CT molecular complexity index is 789. The normalized spacial score (nSPS) is 16.3. The van der Waals surface area contributed by atoms with Crippen LogP contribution in [0.5, 0.6) is 5.75 Å². The number of rotatable bonds is 3. The second-order valence-electron chi connectivity index (χ2n) is 5.87. The first-order chi connectivity index (χ1) is 11.1. The first-order valence-corrected chi connectivity index (χ1v) is 8.44. The summed E-state index contributed by atoms with van der Waals surface area (Å²) in [5.41, 5.74) is 2.20. The first-order valence-electron chi connectivity index (χ1n) is 7.62. The van der Waals surface area contributed by atoms with Gasteiger partial charge >= 0.3 is 0 Å². The number of benzene rings is 2. The SMILES string of the molecule is CN1c2ccc(OC3CCC3)cc2Sc2cc([N+](=O)[O-])ccc21. The summed E-state index contributed by atoms with van der Waals surface area (Å²) in [5.74, 6) is 0.878. The summed E-state index contributed by atoms with van der Waals surface area (Å²) in [4.78, 5) is 14.7. The molecule has 1 heterocycles. The number of hydrogen-bond acceptors (Lipinski definition) is 5. The molecule has 0 spiro atoms. The van der Waals surface area contributed by atoms with Gasteiger partial charge in [-0.15, -0.1) is 0 Å². The molecule has 0 aromatic heterocycles. The molecule has 0 atom stereocenters. The lowest BCUT2D eigenvalue weighted by molar-refractivity contribution is -0.385. The maximum atomic E-state index is 11.0. The molecule has 0 N–H and O–H groups in total. The Labute approximate surface area is 138 Å². The van der Waals surface area contributed by atoms with Crippen molar-refractivity contribution in [3.63, 3.8) is 0 Å². The molecule has 2 aliphatic rings. The Hall–Kier alpha value is -2.21. The van der Waals surface area contributed by atoms with Crippen molar-refractivity contribution in [2.45, 2.75) is 35.2 Å². The van der Waals surface area contributed by atoms with Gasteiger partial charge in [-0.2, -0.15) is 0 Å². The van der Waals surface area contributed by atoms with Gasteiger partial charge in [-0.05, 0) is 43.5 Å². The number of hydrogen-bond donors (Lipinski definition) is 0. The molecule has 0 saturated heterocycles. The molecular weight excluding hydrogens is 312 g/mol. The first kappa shape index (κ1) is 14.4. The van der Waals surface area contributed by atoms with E-state index in [0.717, 1.165) is 39.8 Å². The molecule has 0 unspecified atom stereocenters. The number of nitrogens with zero attached hydrogens (tertiary/aromatic N) is 2. The molecule has 118 valence electrons. The Kier molecular flexibility index (Phi) is 3.41. The minimum atomic E-state index is -0.355. The van der Waals surface area contributed by atoms with Crippen LogP contribution in [-0.2, 0) is 0 Å². The van der Waals surface area contributed by atoms with E-state index in [2.05, 4.69) is 11.0 Å². The molecule has 23 heavy (non-hydrogen) atoms. The molecule has 1 aliphatic carbocycles.